The molecule has 254 valence electrons. The van der Waals surface area contributed by atoms with E-state index in [1.54, 1.807) is 18.2 Å². The summed E-state index contributed by atoms with van der Waals surface area (Å²) in [6.07, 6.45) is 21.7. The normalized spacial score (nSPS) is 20.9. The number of alkyl halides is 2. The van der Waals surface area contributed by atoms with Crippen LogP contribution >= 0.6 is 0 Å². The number of carbonyl (C=O) groups excluding carboxylic acids is 1. The van der Waals surface area contributed by atoms with Gasteiger partial charge in [0.25, 0.3) is 0 Å². The Bertz CT molecular complexity index is 1260. The fraction of sp³-hybridized carbons (Fsp3) is 0.444. The first-order chi connectivity index (χ1) is 22.3. The van der Waals surface area contributed by atoms with E-state index >= 15 is 0 Å². The van der Waals surface area contributed by atoms with Gasteiger partial charge in [-0.3, -0.25) is 9.29 Å². The van der Waals surface area contributed by atoms with Crippen LogP contribution in [0.25, 0.3) is 6.08 Å². The number of aliphatic hydroxyl groups is 1. The zero-order valence-electron chi connectivity index (χ0n) is 27.4. The van der Waals surface area contributed by atoms with E-state index in [9.17, 15) is 22.7 Å². The first-order valence-corrected chi connectivity index (χ1v) is 15.5. The summed E-state index contributed by atoms with van der Waals surface area (Å²) in [5.74, 6) is -0.818. The fourth-order valence-corrected chi connectivity index (χ4v) is 4.88. The first-order valence-electron chi connectivity index (χ1n) is 15.5. The van der Waals surface area contributed by atoms with Gasteiger partial charge in [0.05, 0.1) is 19.0 Å². The van der Waals surface area contributed by atoms with Gasteiger partial charge < -0.3 is 19.5 Å². The van der Waals surface area contributed by atoms with Crippen LogP contribution in [0.3, 0.4) is 0 Å². The monoisotopic (exact) mass is 648 g/mol. The summed E-state index contributed by atoms with van der Waals surface area (Å²) in [6.45, 7) is 10.0. The topological polar surface area (TPSA) is 71.4 Å². The Balaban J connectivity index is 0.00000140. The molecule has 1 saturated heterocycles. The number of likely N-dealkylation sites (tertiary alicyclic amines) is 1. The standard InChI is InChI=1S/C31H35F3N2O3.C2H5F.C2H6.CH2O/c1-23-28(33)14-13-26(30(23)34)10-4-11-27(38-22-32)12-5-17-36-18-15-31(16-19-36)20-29(35-39-31)25-8-2-6-24(21-37)7-3-9-25;1-2-3;2*1-2/h2-6,8-14,25,37H,7,15-22H2,1H3;2H2,1H3;1-2H3;1H2/b8-2?,9-3-,10-4+,12-5+,24-6+,27-11+;;;. The van der Waals surface area contributed by atoms with Crippen LogP contribution in [0.15, 0.2) is 83.3 Å². The molecule has 0 bridgehead atoms. The van der Waals surface area contributed by atoms with Gasteiger partial charge >= 0.3 is 0 Å². The van der Waals surface area contributed by atoms with Crippen LogP contribution in [0.5, 0.6) is 0 Å². The van der Waals surface area contributed by atoms with Gasteiger partial charge in [-0.15, -0.1) is 0 Å². The van der Waals surface area contributed by atoms with Crippen molar-refractivity contribution in [2.75, 3.05) is 39.8 Å². The maximum absolute atomic E-state index is 14.2. The number of hydrogen-bond donors (Lipinski definition) is 1. The molecule has 3 aliphatic rings. The maximum Gasteiger partial charge on any atom is 0.228 e. The van der Waals surface area contributed by atoms with Crippen LogP contribution in [-0.4, -0.2) is 67.9 Å². The Kier molecular flexibility index (Phi) is 19.9. The lowest BCUT2D eigenvalue weighted by atomic mass is 9.83. The number of benzene rings is 1. The van der Waals surface area contributed by atoms with Gasteiger partial charge in [0.15, 0.2) is 0 Å². The van der Waals surface area contributed by atoms with E-state index in [4.69, 9.17) is 14.4 Å². The van der Waals surface area contributed by atoms with Crippen molar-refractivity contribution in [3.8, 4) is 0 Å². The molecule has 1 aromatic rings. The largest absolute Gasteiger partial charge is 0.463 e. The van der Waals surface area contributed by atoms with Gasteiger partial charge in [-0.1, -0.05) is 67.6 Å². The van der Waals surface area contributed by atoms with Crippen molar-refractivity contribution < 1.29 is 37.0 Å². The third kappa shape index (κ3) is 12.9. The maximum atomic E-state index is 14.2. The summed E-state index contributed by atoms with van der Waals surface area (Å²) in [5, 5.41) is 13.8. The second kappa shape index (κ2) is 22.7. The number of allylic oxidation sites excluding steroid dienone is 8. The Morgan fingerprint density at radius 3 is 2.54 bits per heavy atom. The molecule has 10 heteroatoms. The lowest BCUT2D eigenvalue weighted by Crippen LogP contribution is -2.44. The highest BCUT2D eigenvalue weighted by atomic mass is 19.1. The third-order valence-electron chi connectivity index (χ3n) is 7.34. The van der Waals surface area contributed by atoms with E-state index in [1.807, 2.05) is 38.9 Å². The van der Waals surface area contributed by atoms with E-state index in [0.717, 1.165) is 50.1 Å². The van der Waals surface area contributed by atoms with E-state index in [-0.39, 0.29) is 35.9 Å². The van der Waals surface area contributed by atoms with E-state index in [1.165, 1.54) is 32.1 Å². The zero-order chi connectivity index (χ0) is 34.4. The van der Waals surface area contributed by atoms with Gasteiger partial charge in [0, 0.05) is 55.9 Å². The number of oxime groups is 1. The molecule has 2 aliphatic heterocycles. The van der Waals surface area contributed by atoms with Crippen LogP contribution in [0.2, 0.25) is 0 Å². The summed E-state index contributed by atoms with van der Waals surface area (Å²) >= 11 is 0. The predicted octanol–water partition coefficient (Wildman–Crippen LogP) is 8.15. The minimum Gasteiger partial charge on any atom is -0.463 e. The van der Waals surface area contributed by atoms with Gasteiger partial charge in [-0.2, -0.15) is 0 Å². The summed E-state index contributed by atoms with van der Waals surface area (Å²) in [5.41, 5.74) is 1.94. The van der Waals surface area contributed by atoms with Crippen molar-refractivity contribution in [2.24, 2.45) is 11.1 Å². The molecule has 4 rings (SSSR count). The number of rotatable bonds is 9. The number of aliphatic hydroxyl groups excluding tert-OH is 1. The zero-order valence-corrected chi connectivity index (χ0v) is 27.4. The number of carbonyl (C=O) groups is 1. The molecule has 46 heavy (non-hydrogen) atoms. The van der Waals surface area contributed by atoms with Gasteiger partial charge in [0.2, 0.25) is 6.86 Å². The Labute approximate surface area is 271 Å². The summed E-state index contributed by atoms with van der Waals surface area (Å²) in [7, 11) is 0. The van der Waals surface area contributed by atoms with Crippen LogP contribution in [-0.2, 0) is 14.4 Å². The summed E-state index contributed by atoms with van der Waals surface area (Å²) in [6, 6.07) is 2.57. The quantitative estimate of drug-likeness (QED) is 0.127. The molecule has 1 atom stereocenters. The average molecular weight is 649 g/mol. The summed E-state index contributed by atoms with van der Waals surface area (Å²) in [4.78, 5) is 16.3. The second-order valence-electron chi connectivity index (χ2n) is 10.3. The highest BCUT2D eigenvalue weighted by Crippen LogP contribution is 2.37. The van der Waals surface area contributed by atoms with Crippen molar-refractivity contribution in [3.63, 3.8) is 0 Å². The number of halogens is 4. The minimum absolute atomic E-state index is 0.0429. The molecule has 0 aromatic heterocycles. The number of piperidine rings is 1. The first kappa shape index (κ1) is 40.3. The SMILES string of the molecule is C=O.CC.CCF.Cc1c(F)ccc(/C=C/C=C(\C=C\CN2CCC3(CC2)CC(C2C=C/C=C(/CO)C/C=C\2)=NO3)OCF)c1F. The van der Waals surface area contributed by atoms with Gasteiger partial charge in [-0.25, -0.2) is 13.2 Å². The second-order valence-corrected chi connectivity index (χ2v) is 10.3. The number of hydrogen-bond acceptors (Lipinski definition) is 6. The van der Waals surface area contributed by atoms with Crippen LogP contribution in [0.4, 0.5) is 17.6 Å². The van der Waals surface area contributed by atoms with Crippen LogP contribution in [0.1, 0.15) is 57.6 Å². The van der Waals surface area contributed by atoms with Crippen molar-refractivity contribution in [2.45, 2.75) is 59.0 Å². The Morgan fingerprint density at radius 1 is 1.20 bits per heavy atom. The molecule has 6 nitrogen and oxygen atoms in total. The molecule has 1 spiro atoms. The van der Waals surface area contributed by atoms with Crippen molar-refractivity contribution in [3.05, 3.63) is 101 Å². The molecule has 1 N–H and O–H groups in total. The molecule has 1 unspecified atom stereocenters. The third-order valence-corrected chi connectivity index (χ3v) is 7.34. The van der Waals surface area contributed by atoms with Crippen molar-refractivity contribution in [1.29, 1.82) is 0 Å². The lowest BCUT2D eigenvalue weighted by Gasteiger charge is -2.36. The van der Waals surface area contributed by atoms with Gasteiger partial charge in [-0.05, 0) is 50.1 Å². The molecule has 1 aliphatic carbocycles. The highest BCUT2D eigenvalue weighted by Gasteiger charge is 2.42. The average Bonchev–Trinajstić information content (AvgIpc) is 3.47. The highest BCUT2D eigenvalue weighted by molar-refractivity contribution is 5.91. The van der Waals surface area contributed by atoms with E-state index in [2.05, 4.69) is 28.3 Å². The molecule has 2 heterocycles. The van der Waals surface area contributed by atoms with E-state index in [0.29, 0.717) is 12.3 Å². The van der Waals surface area contributed by atoms with Gasteiger partial charge in [0.1, 0.15) is 29.8 Å². The number of ether oxygens (including phenoxy) is 1. The molecule has 0 amide bonds. The Hall–Kier alpha value is -3.76. The predicted molar refractivity (Wildman–Crippen MR) is 178 cm³/mol. The minimum atomic E-state index is -0.982. The summed E-state index contributed by atoms with van der Waals surface area (Å²) < 4.78 is 55.8. The van der Waals surface area contributed by atoms with Crippen LogP contribution < -0.4 is 0 Å². The molecule has 0 saturated carbocycles. The molecular formula is C36H48F4N2O4. The smallest absolute Gasteiger partial charge is 0.228 e. The molecule has 1 fully saturated rings. The Morgan fingerprint density at radius 2 is 1.89 bits per heavy atom. The van der Waals surface area contributed by atoms with Crippen molar-refractivity contribution in [1.82, 2.24) is 4.90 Å². The van der Waals surface area contributed by atoms with Crippen LogP contribution in [0, 0.1) is 24.5 Å². The fourth-order valence-electron chi connectivity index (χ4n) is 4.88. The molecular weight excluding hydrogens is 600 g/mol. The van der Waals surface area contributed by atoms with E-state index < -0.39 is 18.5 Å². The molecule has 1 aromatic carbocycles. The number of nitrogens with zero attached hydrogens (tertiary/aromatic N) is 2. The molecule has 0 radical (unpaired) electrons. The lowest BCUT2D eigenvalue weighted by molar-refractivity contribution is -0.0980. The van der Waals surface area contributed by atoms with Crippen molar-refractivity contribution >= 4 is 18.6 Å².